The van der Waals surface area contributed by atoms with Gasteiger partial charge in [-0.1, -0.05) is 54.1 Å². The number of aromatic amines is 1. The Kier molecular flexibility index (Phi) is 4.71. The van der Waals surface area contributed by atoms with E-state index in [9.17, 15) is 9.90 Å². The lowest BCUT2D eigenvalue weighted by atomic mass is 10.0. The third-order valence-corrected chi connectivity index (χ3v) is 4.80. The number of benzene rings is 2. The number of hydrogen-bond donors (Lipinski definition) is 3. The maximum atomic E-state index is 10.8. The van der Waals surface area contributed by atoms with Crippen LogP contribution in [-0.4, -0.2) is 31.4 Å². The second-order valence-electron chi connectivity index (χ2n) is 6.37. The van der Waals surface area contributed by atoms with Crippen molar-refractivity contribution in [3.63, 3.8) is 0 Å². The Morgan fingerprint density at radius 3 is 2.50 bits per heavy atom. The zero-order chi connectivity index (χ0) is 19.7. The van der Waals surface area contributed by atoms with E-state index in [-0.39, 0.29) is 18.6 Å². The van der Waals surface area contributed by atoms with Gasteiger partial charge in [0.15, 0.2) is 0 Å². The summed E-state index contributed by atoms with van der Waals surface area (Å²) in [6.45, 7) is 0. The first kappa shape index (κ1) is 18.0. The molecule has 0 fully saturated rings. The van der Waals surface area contributed by atoms with Crippen LogP contribution in [0.15, 0.2) is 54.6 Å². The summed E-state index contributed by atoms with van der Waals surface area (Å²) in [5.41, 5.74) is 4.91. The van der Waals surface area contributed by atoms with Gasteiger partial charge in [-0.25, -0.2) is 4.98 Å². The van der Waals surface area contributed by atoms with Crippen molar-refractivity contribution in [2.75, 3.05) is 0 Å². The number of nitrogens with one attached hydrogen (secondary N) is 1. The number of carboxylic acids is 1. The first-order chi connectivity index (χ1) is 13.5. The van der Waals surface area contributed by atoms with Crippen molar-refractivity contribution < 1.29 is 15.0 Å². The first-order valence-corrected chi connectivity index (χ1v) is 9.05. The van der Waals surface area contributed by atoms with Crippen LogP contribution < -0.4 is 0 Å². The van der Waals surface area contributed by atoms with Crippen LogP contribution in [0.4, 0.5) is 0 Å². The van der Waals surface area contributed by atoms with Crippen LogP contribution in [0.5, 0.6) is 5.75 Å². The monoisotopic (exact) mass is 393 g/mol. The molecule has 2 heterocycles. The number of hydrogen-bond acceptors (Lipinski definition) is 4. The Morgan fingerprint density at radius 1 is 1.07 bits per heavy atom. The molecule has 0 saturated carbocycles. The van der Waals surface area contributed by atoms with Crippen molar-refractivity contribution in [1.29, 1.82) is 0 Å². The average Bonchev–Trinajstić information content (AvgIpc) is 3.08. The Hall–Kier alpha value is -3.38. The van der Waals surface area contributed by atoms with Crippen molar-refractivity contribution in [2.45, 2.75) is 12.8 Å². The number of nitrogens with zero attached hydrogens (tertiary/aromatic N) is 2. The summed E-state index contributed by atoms with van der Waals surface area (Å²) in [4.78, 5) is 15.5. The van der Waals surface area contributed by atoms with E-state index in [1.54, 1.807) is 18.2 Å². The number of rotatable bonds is 5. The molecule has 0 spiro atoms. The number of aromatic nitrogens is 3. The molecular formula is C21H16ClN3O3. The molecule has 28 heavy (non-hydrogen) atoms. The molecule has 0 saturated heterocycles. The topological polar surface area (TPSA) is 99.1 Å². The lowest BCUT2D eigenvalue weighted by Crippen LogP contribution is -1.98. The Labute approximate surface area is 165 Å². The summed E-state index contributed by atoms with van der Waals surface area (Å²) in [6, 6.07) is 16.5. The molecule has 140 valence electrons. The van der Waals surface area contributed by atoms with Gasteiger partial charge in [0, 0.05) is 17.5 Å². The van der Waals surface area contributed by atoms with E-state index in [1.165, 1.54) is 0 Å². The number of H-pyrrole nitrogens is 1. The second kappa shape index (κ2) is 7.32. The van der Waals surface area contributed by atoms with Gasteiger partial charge in [0.2, 0.25) is 0 Å². The number of phenolic OH excluding ortho intramolecular Hbond substituents is 1. The van der Waals surface area contributed by atoms with Gasteiger partial charge in [-0.15, -0.1) is 0 Å². The minimum Gasteiger partial charge on any atom is -0.507 e. The van der Waals surface area contributed by atoms with Crippen LogP contribution in [0.1, 0.15) is 12.1 Å². The predicted molar refractivity (Wildman–Crippen MR) is 107 cm³/mol. The summed E-state index contributed by atoms with van der Waals surface area (Å²) in [5, 5.41) is 26.4. The molecule has 0 aliphatic rings. The van der Waals surface area contributed by atoms with Crippen LogP contribution in [0, 0.1) is 0 Å². The highest BCUT2D eigenvalue weighted by molar-refractivity contribution is 6.33. The van der Waals surface area contributed by atoms with Crippen LogP contribution in [0.2, 0.25) is 5.02 Å². The van der Waals surface area contributed by atoms with E-state index in [4.69, 9.17) is 16.7 Å². The normalized spacial score (nSPS) is 11.0. The smallest absolute Gasteiger partial charge is 0.303 e. The van der Waals surface area contributed by atoms with E-state index >= 15 is 0 Å². The molecule has 0 radical (unpaired) electrons. The van der Waals surface area contributed by atoms with Gasteiger partial charge in [0.05, 0.1) is 28.3 Å². The maximum Gasteiger partial charge on any atom is 0.303 e. The fourth-order valence-corrected chi connectivity index (χ4v) is 3.36. The van der Waals surface area contributed by atoms with E-state index in [1.807, 2.05) is 36.4 Å². The minimum absolute atomic E-state index is 0.0190. The lowest BCUT2D eigenvalue weighted by molar-refractivity contribution is -0.136. The second-order valence-corrected chi connectivity index (χ2v) is 6.78. The van der Waals surface area contributed by atoms with E-state index in [2.05, 4.69) is 15.2 Å². The van der Waals surface area contributed by atoms with Crippen LogP contribution in [-0.2, 0) is 11.2 Å². The van der Waals surface area contributed by atoms with Gasteiger partial charge in [-0.05, 0) is 17.7 Å². The molecule has 3 N–H and O–H groups in total. The van der Waals surface area contributed by atoms with Crippen molar-refractivity contribution in [2.24, 2.45) is 0 Å². The summed E-state index contributed by atoms with van der Waals surface area (Å²) in [6.07, 6.45) is 0.268. The standard InChI is InChI=1S/C21H16ClN3O3/c22-15-11-17-21(16(24-25-17)9-10-19(27)28)23-20(15)13-7-5-12(6-8-13)14-3-1-2-4-18(14)26/h1-8,11,26H,9-10H2,(H,24,25)(H,27,28). The molecule has 0 aliphatic heterocycles. The molecule has 0 atom stereocenters. The number of halogens is 1. The van der Waals surface area contributed by atoms with Gasteiger partial charge in [-0.3, -0.25) is 9.89 Å². The average molecular weight is 394 g/mol. The third-order valence-electron chi connectivity index (χ3n) is 4.51. The summed E-state index contributed by atoms with van der Waals surface area (Å²) in [7, 11) is 0. The molecular weight excluding hydrogens is 378 g/mol. The van der Waals surface area contributed by atoms with Gasteiger partial charge < -0.3 is 10.2 Å². The Morgan fingerprint density at radius 2 is 1.79 bits per heavy atom. The van der Waals surface area contributed by atoms with Crippen LogP contribution in [0.25, 0.3) is 33.4 Å². The van der Waals surface area contributed by atoms with E-state index in [0.717, 1.165) is 16.7 Å². The maximum absolute atomic E-state index is 10.8. The highest BCUT2D eigenvalue weighted by Crippen LogP contribution is 2.33. The van der Waals surface area contributed by atoms with Crippen molar-refractivity contribution in [1.82, 2.24) is 15.2 Å². The number of phenols is 1. The number of pyridine rings is 1. The molecule has 0 amide bonds. The number of aryl methyl sites for hydroxylation is 1. The van der Waals surface area contributed by atoms with Crippen molar-refractivity contribution >= 4 is 28.6 Å². The van der Waals surface area contributed by atoms with Gasteiger partial charge in [-0.2, -0.15) is 5.10 Å². The summed E-state index contributed by atoms with van der Waals surface area (Å²) in [5.74, 6) is -0.667. The molecule has 2 aromatic heterocycles. The summed E-state index contributed by atoms with van der Waals surface area (Å²) < 4.78 is 0. The zero-order valence-electron chi connectivity index (χ0n) is 14.7. The molecule has 2 aromatic carbocycles. The highest BCUT2D eigenvalue weighted by atomic mass is 35.5. The molecule has 0 aliphatic carbocycles. The van der Waals surface area contributed by atoms with Crippen LogP contribution >= 0.6 is 11.6 Å². The number of para-hydroxylation sites is 1. The molecule has 7 heteroatoms. The van der Waals surface area contributed by atoms with Gasteiger partial charge in [0.1, 0.15) is 11.3 Å². The molecule has 0 unspecified atom stereocenters. The van der Waals surface area contributed by atoms with Crippen molar-refractivity contribution in [3.8, 4) is 28.1 Å². The Balaban J connectivity index is 1.72. The number of fused-ring (bicyclic) bond motifs is 1. The molecule has 4 aromatic rings. The minimum atomic E-state index is -0.884. The fourth-order valence-electron chi connectivity index (χ4n) is 3.10. The Bertz CT molecular complexity index is 1170. The third kappa shape index (κ3) is 3.42. The zero-order valence-corrected chi connectivity index (χ0v) is 15.4. The number of aromatic hydroxyl groups is 1. The molecule has 4 rings (SSSR count). The first-order valence-electron chi connectivity index (χ1n) is 8.67. The van der Waals surface area contributed by atoms with Crippen LogP contribution in [0.3, 0.4) is 0 Å². The largest absolute Gasteiger partial charge is 0.507 e. The number of carboxylic acid groups (broad SMARTS) is 1. The van der Waals surface area contributed by atoms with E-state index in [0.29, 0.717) is 27.4 Å². The van der Waals surface area contributed by atoms with Crippen molar-refractivity contribution in [3.05, 3.63) is 65.3 Å². The van der Waals surface area contributed by atoms with Gasteiger partial charge in [0.25, 0.3) is 0 Å². The predicted octanol–water partition coefficient (Wildman–Crippen LogP) is 4.67. The highest BCUT2D eigenvalue weighted by Gasteiger charge is 2.14. The quantitative estimate of drug-likeness (QED) is 0.457. The fraction of sp³-hybridized carbons (Fsp3) is 0.0952. The van der Waals surface area contributed by atoms with Gasteiger partial charge >= 0.3 is 5.97 Å². The molecule has 0 bridgehead atoms. The summed E-state index contributed by atoms with van der Waals surface area (Å²) >= 11 is 6.41. The molecule has 6 nitrogen and oxygen atoms in total. The number of carbonyl (C=O) groups is 1. The van der Waals surface area contributed by atoms with E-state index < -0.39 is 5.97 Å². The number of aliphatic carboxylic acids is 1. The lowest BCUT2D eigenvalue weighted by Gasteiger charge is -2.08. The SMILES string of the molecule is O=C(O)CCc1n[nH]c2cc(Cl)c(-c3ccc(-c4ccccc4O)cc3)nc12.